The first-order chi connectivity index (χ1) is 12.2. The van der Waals surface area contributed by atoms with E-state index >= 15 is 0 Å². The first kappa shape index (κ1) is 16.3. The number of aryl methyl sites for hydroxylation is 1. The zero-order valence-electron chi connectivity index (χ0n) is 14.7. The van der Waals surface area contributed by atoms with E-state index in [9.17, 15) is 4.79 Å². The van der Waals surface area contributed by atoms with E-state index in [-0.39, 0.29) is 5.91 Å². The van der Waals surface area contributed by atoms with Crippen LogP contribution in [0.2, 0.25) is 0 Å². The van der Waals surface area contributed by atoms with Crippen molar-refractivity contribution in [1.82, 2.24) is 25.0 Å². The number of carbonyl (C=O) groups excluding carboxylic acids is 1. The fourth-order valence-electron chi connectivity index (χ4n) is 3.59. The largest absolute Gasteiger partial charge is 0.336 e. The third-order valence-corrected chi connectivity index (χ3v) is 5.40. The van der Waals surface area contributed by atoms with Crippen molar-refractivity contribution in [2.45, 2.75) is 38.6 Å². The predicted octanol–water partition coefficient (Wildman–Crippen LogP) is 2.34. The van der Waals surface area contributed by atoms with Crippen LogP contribution in [0.4, 0.5) is 0 Å². The quantitative estimate of drug-likeness (QED) is 0.928. The molecule has 0 unspecified atom stereocenters. The van der Waals surface area contributed by atoms with Gasteiger partial charge >= 0.3 is 0 Å². The van der Waals surface area contributed by atoms with E-state index in [1.54, 1.807) is 0 Å². The maximum absolute atomic E-state index is 12.7. The van der Waals surface area contributed by atoms with Gasteiger partial charge in [-0.3, -0.25) is 14.8 Å². The summed E-state index contributed by atoms with van der Waals surface area (Å²) in [6.45, 7) is 5.88. The molecule has 1 N–H and O–H groups in total. The lowest BCUT2D eigenvalue weighted by Gasteiger charge is -2.34. The number of H-pyrrole nitrogens is 1. The van der Waals surface area contributed by atoms with Gasteiger partial charge in [-0.1, -0.05) is 18.6 Å². The number of rotatable bonds is 4. The Labute approximate surface area is 148 Å². The van der Waals surface area contributed by atoms with Crippen molar-refractivity contribution >= 4 is 5.91 Å². The minimum Gasteiger partial charge on any atom is -0.336 e. The summed E-state index contributed by atoms with van der Waals surface area (Å²) in [6, 6.07) is 8.27. The minimum absolute atomic E-state index is 0.147. The van der Waals surface area contributed by atoms with Gasteiger partial charge in [0, 0.05) is 31.7 Å². The SMILES string of the molecule is Cc1nc(CN2CCN(C(=O)c3ccc(C4CCC4)cc3)CC2)n[nH]1. The summed E-state index contributed by atoms with van der Waals surface area (Å²) in [5.74, 6) is 2.53. The maximum atomic E-state index is 12.7. The normalized spacial score (nSPS) is 19.0. The van der Waals surface area contributed by atoms with E-state index in [0.29, 0.717) is 5.92 Å². The second-order valence-corrected chi connectivity index (χ2v) is 7.16. The van der Waals surface area contributed by atoms with Crippen LogP contribution in [0.3, 0.4) is 0 Å². The zero-order valence-corrected chi connectivity index (χ0v) is 14.7. The molecule has 1 aromatic heterocycles. The maximum Gasteiger partial charge on any atom is 0.253 e. The number of piperazine rings is 1. The van der Waals surface area contributed by atoms with Gasteiger partial charge in [-0.15, -0.1) is 0 Å². The van der Waals surface area contributed by atoms with Crippen LogP contribution in [-0.4, -0.2) is 57.1 Å². The summed E-state index contributed by atoms with van der Waals surface area (Å²) < 4.78 is 0. The van der Waals surface area contributed by atoms with Gasteiger partial charge in [0.15, 0.2) is 5.82 Å². The number of amides is 1. The number of nitrogens with one attached hydrogen (secondary N) is 1. The molecule has 0 spiro atoms. The van der Waals surface area contributed by atoms with E-state index in [1.807, 2.05) is 24.0 Å². The zero-order chi connectivity index (χ0) is 17.2. The molecule has 1 aliphatic carbocycles. The van der Waals surface area contributed by atoms with Crippen LogP contribution < -0.4 is 0 Å². The Morgan fingerprint density at radius 1 is 1.16 bits per heavy atom. The van der Waals surface area contributed by atoms with Crippen LogP contribution in [0.15, 0.2) is 24.3 Å². The van der Waals surface area contributed by atoms with Crippen molar-refractivity contribution in [2.75, 3.05) is 26.2 Å². The Hall–Kier alpha value is -2.21. The summed E-state index contributed by atoms with van der Waals surface area (Å²) in [7, 11) is 0. The van der Waals surface area contributed by atoms with Gasteiger partial charge in [-0.25, -0.2) is 4.98 Å². The highest BCUT2D eigenvalue weighted by Crippen LogP contribution is 2.36. The van der Waals surface area contributed by atoms with Crippen LogP contribution in [0.1, 0.15) is 52.8 Å². The minimum atomic E-state index is 0.147. The van der Waals surface area contributed by atoms with Crippen molar-refractivity contribution in [3.63, 3.8) is 0 Å². The molecule has 1 saturated heterocycles. The van der Waals surface area contributed by atoms with E-state index in [0.717, 1.165) is 49.9 Å². The highest BCUT2D eigenvalue weighted by Gasteiger charge is 2.24. The molecule has 0 bridgehead atoms. The standard InChI is InChI=1S/C19H25N5O/c1-14-20-18(22-21-14)13-23-9-11-24(12-10-23)19(25)17-7-5-16(6-8-17)15-3-2-4-15/h5-8,15H,2-4,9-13H2,1H3,(H,20,21,22). The fourth-order valence-corrected chi connectivity index (χ4v) is 3.59. The molecule has 2 aromatic rings. The molecule has 2 fully saturated rings. The number of carbonyl (C=O) groups is 1. The highest BCUT2D eigenvalue weighted by atomic mass is 16.2. The molecule has 6 heteroatoms. The summed E-state index contributed by atoms with van der Waals surface area (Å²) in [5, 5.41) is 7.06. The van der Waals surface area contributed by atoms with Gasteiger partial charge < -0.3 is 4.90 Å². The lowest BCUT2D eigenvalue weighted by atomic mass is 9.80. The van der Waals surface area contributed by atoms with Crippen molar-refractivity contribution in [3.8, 4) is 0 Å². The summed E-state index contributed by atoms with van der Waals surface area (Å²) in [6.07, 6.45) is 3.92. The Morgan fingerprint density at radius 3 is 2.44 bits per heavy atom. The van der Waals surface area contributed by atoms with Crippen LogP contribution >= 0.6 is 0 Å². The number of benzene rings is 1. The van der Waals surface area contributed by atoms with E-state index in [2.05, 4.69) is 32.2 Å². The summed E-state index contributed by atoms with van der Waals surface area (Å²) >= 11 is 0. The molecule has 6 nitrogen and oxygen atoms in total. The topological polar surface area (TPSA) is 65.1 Å². The summed E-state index contributed by atoms with van der Waals surface area (Å²) in [4.78, 5) is 21.3. The van der Waals surface area contributed by atoms with Crippen LogP contribution in [0.5, 0.6) is 0 Å². The second kappa shape index (κ2) is 6.96. The fraction of sp³-hybridized carbons (Fsp3) is 0.526. The van der Waals surface area contributed by atoms with Crippen LogP contribution in [0, 0.1) is 6.92 Å². The molecule has 25 heavy (non-hydrogen) atoms. The number of hydrogen-bond acceptors (Lipinski definition) is 4. The number of aromatic nitrogens is 3. The average molecular weight is 339 g/mol. The Balaban J connectivity index is 1.31. The molecule has 1 saturated carbocycles. The Bertz CT molecular complexity index is 727. The number of nitrogens with zero attached hydrogens (tertiary/aromatic N) is 4. The molecule has 1 amide bonds. The lowest BCUT2D eigenvalue weighted by Crippen LogP contribution is -2.48. The molecular formula is C19H25N5O. The molecule has 4 rings (SSSR count). The van der Waals surface area contributed by atoms with E-state index in [4.69, 9.17) is 0 Å². The van der Waals surface area contributed by atoms with Crippen LogP contribution in [-0.2, 0) is 6.54 Å². The first-order valence-corrected chi connectivity index (χ1v) is 9.18. The molecule has 1 aromatic carbocycles. The van der Waals surface area contributed by atoms with Gasteiger partial charge in [-0.05, 0) is 43.4 Å². The monoisotopic (exact) mass is 339 g/mol. The highest BCUT2D eigenvalue weighted by molar-refractivity contribution is 5.94. The van der Waals surface area contributed by atoms with Gasteiger partial charge in [0.2, 0.25) is 0 Å². The summed E-state index contributed by atoms with van der Waals surface area (Å²) in [5.41, 5.74) is 2.19. The average Bonchev–Trinajstić information content (AvgIpc) is 2.99. The number of hydrogen-bond donors (Lipinski definition) is 1. The molecule has 132 valence electrons. The van der Waals surface area contributed by atoms with Crippen molar-refractivity contribution < 1.29 is 4.79 Å². The van der Waals surface area contributed by atoms with E-state index in [1.165, 1.54) is 24.8 Å². The molecule has 0 radical (unpaired) electrons. The molecule has 2 heterocycles. The first-order valence-electron chi connectivity index (χ1n) is 9.18. The van der Waals surface area contributed by atoms with Crippen LogP contribution in [0.25, 0.3) is 0 Å². The molecule has 2 aliphatic rings. The van der Waals surface area contributed by atoms with Gasteiger partial charge in [0.05, 0.1) is 6.54 Å². The third-order valence-electron chi connectivity index (χ3n) is 5.40. The van der Waals surface area contributed by atoms with Gasteiger partial charge in [-0.2, -0.15) is 5.10 Å². The molecular weight excluding hydrogens is 314 g/mol. The van der Waals surface area contributed by atoms with Crippen molar-refractivity contribution in [2.24, 2.45) is 0 Å². The molecule has 1 aliphatic heterocycles. The smallest absolute Gasteiger partial charge is 0.253 e. The third kappa shape index (κ3) is 3.58. The van der Waals surface area contributed by atoms with E-state index < -0.39 is 0 Å². The van der Waals surface area contributed by atoms with Crippen molar-refractivity contribution in [3.05, 3.63) is 47.0 Å². The molecule has 0 atom stereocenters. The van der Waals surface area contributed by atoms with Crippen molar-refractivity contribution in [1.29, 1.82) is 0 Å². The Morgan fingerprint density at radius 2 is 1.88 bits per heavy atom. The Kier molecular flexibility index (Phi) is 4.53. The predicted molar refractivity (Wildman–Crippen MR) is 95.3 cm³/mol. The number of aromatic amines is 1. The second-order valence-electron chi connectivity index (χ2n) is 7.16. The van der Waals surface area contributed by atoms with Gasteiger partial charge in [0.1, 0.15) is 5.82 Å². The van der Waals surface area contributed by atoms with Gasteiger partial charge in [0.25, 0.3) is 5.91 Å². The lowest BCUT2D eigenvalue weighted by molar-refractivity contribution is 0.0625.